The minimum Gasteiger partial charge on any atom is -0.247 e. The van der Waals surface area contributed by atoms with E-state index in [2.05, 4.69) is 133 Å². The molecule has 0 aliphatic heterocycles. The van der Waals surface area contributed by atoms with Crippen molar-refractivity contribution in [2.24, 2.45) is 0 Å². The highest BCUT2D eigenvalue weighted by molar-refractivity contribution is 7.79. The van der Waals surface area contributed by atoms with Gasteiger partial charge in [0.15, 0.2) is 0 Å². The van der Waals surface area contributed by atoms with Gasteiger partial charge in [-0.1, -0.05) is 115 Å². The predicted molar refractivity (Wildman–Crippen MR) is 143 cm³/mol. The van der Waals surface area contributed by atoms with Crippen LogP contribution in [0.5, 0.6) is 0 Å². The van der Waals surface area contributed by atoms with Gasteiger partial charge in [-0.05, 0) is 50.4 Å². The van der Waals surface area contributed by atoms with Crippen LogP contribution in [-0.4, -0.2) is 4.98 Å². The summed E-state index contributed by atoms with van der Waals surface area (Å²) in [6, 6.07) is 47.6. The van der Waals surface area contributed by atoms with E-state index in [4.69, 9.17) is 4.98 Å². The molecule has 0 amide bonds. The van der Waals surface area contributed by atoms with Crippen molar-refractivity contribution in [1.29, 1.82) is 0 Å². The Morgan fingerprint density at radius 1 is 0.455 bits per heavy atom. The van der Waals surface area contributed by atoms with Crippen molar-refractivity contribution in [2.45, 2.75) is 0 Å². The van der Waals surface area contributed by atoms with E-state index in [9.17, 15) is 0 Å². The van der Waals surface area contributed by atoms with Crippen LogP contribution in [0.1, 0.15) is 0 Å². The minimum absolute atomic E-state index is 0.750. The second-order valence-electron chi connectivity index (χ2n) is 8.08. The molecule has 0 fully saturated rings. The lowest BCUT2D eigenvalue weighted by Crippen LogP contribution is -2.22. The van der Waals surface area contributed by atoms with Gasteiger partial charge in [0.05, 0.1) is 11.1 Å². The molecule has 0 radical (unpaired) electrons. The molecular weight excluding hydrogens is 417 g/mol. The fourth-order valence-corrected chi connectivity index (χ4v) is 6.76. The molecule has 0 unspecified atom stereocenters. The van der Waals surface area contributed by atoms with E-state index in [-0.39, 0.29) is 0 Å². The van der Waals surface area contributed by atoms with Crippen LogP contribution in [0.15, 0.2) is 133 Å². The topological polar surface area (TPSA) is 12.9 Å². The third kappa shape index (κ3) is 3.71. The zero-order valence-corrected chi connectivity index (χ0v) is 19.0. The Kier molecular flexibility index (Phi) is 5.19. The maximum Gasteiger partial charge on any atom is 0.0728 e. The Morgan fingerprint density at radius 3 is 1.55 bits per heavy atom. The first-order chi connectivity index (χ1) is 16.4. The Morgan fingerprint density at radius 2 is 0.970 bits per heavy atom. The molecule has 0 aliphatic carbocycles. The van der Waals surface area contributed by atoms with Gasteiger partial charge < -0.3 is 0 Å². The lowest BCUT2D eigenvalue weighted by Gasteiger charge is -2.19. The number of nitrogens with zero attached hydrogens (tertiary/aromatic N) is 1. The first-order valence-corrected chi connectivity index (χ1v) is 12.5. The highest BCUT2D eigenvalue weighted by atomic mass is 31.1. The lowest BCUT2D eigenvalue weighted by atomic mass is 9.94. The van der Waals surface area contributed by atoms with E-state index in [0.29, 0.717) is 0 Å². The molecule has 0 bridgehead atoms. The van der Waals surface area contributed by atoms with E-state index < -0.39 is 7.92 Å². The van der Waals surface area contributed by atoms with Crippen molar-refractivity contribution in [2.75, 3.05) is 0 Å². The molecule has 156 valence electrons. The van der Waals surface area contributed by atoms with Gasteiger partial charge in [-0.3, -0.25) is 0 Å². The first-order valence-electron chi connectivity index (χ1n) is 11.2. The van der Waals surface area contributed by atoms with Crippen molar-refractivity contribution >= 4 is 45.5 Å². The van der Waals surface area contributed by atoms with Gasteiger partial charge in [0.1, 0.15) is 0 Å². The number of hydrogen-bond acceptors (Lipinski definition) is 1. The van der Waals surface area contributed by atoms with E-state index in [0.717, 1.165) is 11.1 Å². The zero-order valence-electron chi connectivity index (χ0n) is 18.1. The molecule has 6 rings (SSSR count). The maximum absolute atomic E-state index is 5.33. The summed E-state index contributed by atoms with van der Waals surface area (Å²) in [5.74, 6) is 0. The van der Waals surface area contributed by atoms with Gasteiger partial charge in [0.25, 0.3) is 0 Å². The van der Waals surface area contributed by atoms with Crippen molar-refractivity contribution < 1.29 is 0 Å². The Labute approximate surface area is 195 Å². The van der Waals surface area contributed by atoms with Gasteiger partial charge in [0.2, 0.25) is 0 Å². The number of aromatic nitrogens is 1. The van der Waals surface area contributed by atoms with Crippen LogP contribution in [0.3, 0.4) is 0 Å². The molecule has 0 aliphatic rings. The largest absolute Gasteiger partial charge is 0.247 e. The van der Waals surface area contributed by atoms with E-state index in [1.54, 1.807) is 0 Å². The second kappa shape index (κ2) is 8.62. The van der Waals surface area contributed by atoms with E-state index in [1.165, 1.54) is 37.7 Å². The van der Waals surface area contributed by atoms with Crippen LogP contribution >= 0.6 is 7.92 Å². The molecule has 0 spiro atoms. The van der Waals surface area contributed by atoms with Crippen LogP contribution in [0.2, 0.25) is 0 Å². The van der Waals surface area contributed by atoms with Gasteiger partial charge in [-0.15, -0.1) is 0 Å². The summed E-state index contributed by atoms with van der Waals surface area (Å²) in [6.45, 7) is 0. The van der Waals surface area contributed by atoms with Gasteiger partial charge in [-0.2, -0.15) is 0 Å². The maximum atomic E-state index is 5.33. The average molecular weight is 439 g/mol. The smallest absolute Gasteiger partial charge is 0.0728 e. The highest BCUT2D eigenvalue weighted by Gasteiger charge is 2.19. The Hall–Kier alpha value is -3.80. The molecule has 0 atom stereocenters. The van der Waals surface area contributed by atoms with Crippen LogP contribution in [0, 0.1) is 0 Å². The monoisotopic (exact) mass is 439 g/mol. The van der Waals surface area contributed by atoms with E-state index in [1.807, 2.05) is 0 Å². The summed E-state index contributed by atoms with van der Waals surface area (Å²) in [5.41, 5.74) is 3.36. The standard InChI is InChI=1S/C31H22NP/c1-3-14-25(15-4-1)33(26-16-5-2-6-17-26)30-21-11-20-29(32-30)31-27-18-9-7-12-23(27)22-24-13-8-10-19-28(24)31/h1-22H. The van der Waals surface area contributed by atoms with Crippen LogP contribution in [-0.2, 0) is 0 Å². The summed E-state index contributed by atoms with van der Waals surface area (Å²) >= 11 is 0. The highest BCUT2D eigenvalue weighted by Crippen LogP contribution is 2.37. The molecule has 1 heterocycles. The summed E-state index contributed by atoms with van der Waals surface area (Å²) in [4.78, 5) is 5.33. The van der Waals surface area contributed by atoms with Crippen LogP contribution < -0.4 is 16.0 Å². The molecule has 0 saturated heterocycles. The average Bonchev–Trinajstić information content (AvgIpc) is 2.89. The quantitative estimate of drug-likeness (QED) is 0.217. The molecule has 5 aromatic carbocycles. The summed E-state index contributed by atoms with van der Waals surface area (Å²) in [5, 5.41) is 7.59. The van der Waals surface area contributed by atoms with Crippen molar-refractivity contribution in [3.05, 3.63) is 133 Å². The number of pyridine rings is 1. The normalized spacial score (nSPS) is 11.3. The predicted octanol–water partition coefficient (Wildman–Crippen LogP) is 6.81. The molecule has 2 heteroatoms. The Bertz CT molecular complexity index is 1470. The molecule has 0 saturated carbocycles. The fourth-order valence-electron chi connectivity index (χ4n) is 4.54. The number of hydrogen-bond donors (Lipinski definition) is 0. The van der Waals surface area contributed by atoms with Crippen LogP contribution in [0.25, 0.3) is 32.8 Å². The molecule has 1 aromatic heterocycles. The number of rotatable bonds is 4. The molecule has 1 nitrogen and oxygen atoms in total. The molecule has 0 N–H and O–H groups in total. The lowest BCUT2D eigenvalue weighted by molar-refractivity contribution is 1.39. The number of benzene rings is 5. The second-order valence-corrected chi connectivity index (χ2v) is 10.2. The van der Waals surface area contributed by atoms with Crippen molar-refractivity contribution in [3.63, 3.8) is 0 Å². The van der Waals surface area contributed by atoms with Gasteiger partial charge >= 0.3 is 0 Å². The number of fused-ring (bicyclic) bond motifs is 2. The van der Waals surface area contributed by atoms with Gasteiger partial charge in [0, 0.05) is 13.5 Å². The summed E-state index contributed by atoms with van der Waals surface area (Å²) in [7, 11) is -0.750. The third-order valence-corrected chi connectivity index (χ3v) is 8.36. The van der Waals surface area contributed by atoms with Crippen molar-refractivity contribution in [3.8, 4) is 11.3 Å². The van der Waals surface area contributed by atoms with Gasteiger partial charge in [-0.25, -0.2) is 4.98 Å². The molecular formula is C31H22NP. The minimum atomic E-state index is -0.750. The fraction of sp³-hybridized carbons (Fsp3) is 0. The summed E-state index contributed by atoms with van der Waals surface area (Å²) < 4.78 is 0. The zero-order chi connectivity index (χ0) is 22.0. The molecule has 33 heavy (non-hydrogen) atoms. The SMILES string of the molecule is c1ccc(P(c2ccccc2)c2cccc(-c3c4ccccc4cc4ccccc34)n2)cc1. The first kappa shape index (κ1) is 19.9. The summed E-state index contributed by atoms with van der Waals surface area (Å²) in [6.07, 6.45) is 0. The van der Waals surface area contributed by atoms with Crippen molar-refractivity contribution in [1.82, 2.24) is 4.98 Å². The van der Waals surface area contributed by atoms with Crippen LogP contribution in [0.4, 0.5) is 0 Å². The third-order valence-electron chi connectivity index (χ3n) is 6.02. The molecule has 6 aromatic rings. The Balaban J connectivity index is 1.60. The van der Waals surface area contributed by atoms with E-state index >= 15 is 0 Å².